The molecule has 0 aromatic heterocycles. The molecule has 1 aliphatic heterocycles. The summed E-state index contributed by atoms with van der Waals surface area (Å²) in [6.45, 7) is 0. The van der Waals surface area contributed by atoms with E-state index >= 15 is 0 Å². The van der Waals surface area contributed by atoms with E-state index in [9.17, 15) is 19.5 Å². The van der Waals surface area contributed by atoms with Gasteiger partial charge in [0, 0.05) is 11.1 Å². The highest BCUT2D eigenvalue weighted by atomic mass is 35.5. The van der Waals surface area contributed by atoms with Gasteiger partial charge in [0.25, 0.3) is 5.91 Å². The Morgan fingerprint density at radius 2 is 1.19 bits per heavy atom. The Morgan fingerprint density at radius 1 is 0.750 bits per heavy atom. The van der Waals surface area contributed by atoms with Gasteiger partial charge in [-0.15, -0.1) is 23.2 Å². The molecule has 5 rings (SSSR count). The Morgan fingerprint density at radius 3 is 1.69 bits per heavy atom. The van der Waals surface area contributed by atoms with Crippen LogP contribution in [0, 0.1) is 11.8 Å². The van der Waals surface area contributed by atoms with E-state index in [1.54, 1.807) is 48.5 Å². The number of hydrazine groups is 1. The highest BCUT2D eigenvalue weighted by molar-refractivity contribution is 6.66. The molecule has 4 atom stereocenters. The van der Waals surface area contributed by atoms with Gasteiger partial charge in [0.1, 0.15) is 21.2 Å². The Hall–Kier alpha value is -1.87. The molecule has 7 nitrogen and oxygen atoms in total. The zero-order valence-electron chi connectivity index (χ0n) is 17.7. The van der Waals surface area contributed by atoms with Crippen LogP contribution in [-0.4, -0.2) is 37.0 Å². The van der Waals surface area contributed by atoms with Crippen molar-refractivity contribution < 1.29 is 24.2 Å². The Bertz CT molecular complexity index is 1320. The number of hydrogen-bond donors (Lipinski definition) is 3. The number of fused-ring (bicyclic) bond motifs is 4. The Balaban J connectivity index is 1.45. The number of ether oxygens (including phenoxy) is 1. The van der Waals surface area contributed by atoms with Crippen molar-refractivity contribution in [2.75, 3.05) is 0 Å². The summed E-state index contributed by atoms with van der Waals surface area (Å²) >= 11 is 38.5. The molecule has 0 spiro atoms. The number of carboxylic acid groups (broad SMARTS) is 1. The van der Waals surface area contributed by atoms with Gasteiger partial charge in [0.2, 0.25) is 5.91 Å². The second-order valence-electron chi connectivity index (χ2n) is 8.51. The molecule has 188 valence electrons. The Kier molecular flexibility index (Phi) is 6.14. The molecule has 1 saturated carbocycles. The molecule has 0 unspecified atom stereocenters. The largest absolute Gasteiger partial charge is 0.481 e. The molecule has 36 heavy (non-hydrogen) atoms. The van der Waals surface area contributed by atoms with E-state index in [0.29, 0.717) is 22.6 Å². The van der Waals surface area contributed by atoms with E-state index < -0.39 is 49.6 Å². The molecule has 2 amide bonds. The van der Waals surface area contributed by atoms with Crippen LogP contribution in [0.1, 0.15) is 17.0 Å². The molecular formula is C23H14Cl6N2O5. The van der Waals surface area contributed by atoms with Crippen molar-refractivity contribution in [1.82, 2.24) is 10.9 Å². The standard InChI is InChI=1S/C23H14Cl6N2O5/c24-16-17(25)22(27)15(20(34)35)14(21(16,26)23(22,28)29)19(33)31-30-18(32)13-9-5-1-3-7-11(9)36-12-8-4-2-6-10(12)13/h1-8,13-15H,(H,30,32)(H,31,33)(H,34,35)/t14-,15-,21-,22-/m0/s1. The van der Waals surface area contributed by atoms with Gasteiger partial charge in [-0.3, -0.25) is 25.2 Å². The number of benzene rings is 2. The third-order valence-corrected chi connectivity index (χ3v) is 11.0. The summed E-state index contributed by atoms with van der Waals surface area (Å²) < 4.78 is 3.62. The molecule has 0 saturated heterocycles. The monoisotopic (exact) mass is 608 g/mol. The maximum absolute atomic E-state index is 13.3. The Labute approximate surface area is 234 Å². The van der Waals surface area contributed by atoms with E-state index in [2.05, 4.69) is 10.9 Å². The summed E-state index contributed by atoms with van der Waals surface area (Å²) in [5.74, 6) is -6.50. The van der Waals surface area contributed by atoms with E-state index in [4.69, 9.17) is 74.3 Å². The van der Waals surface area contributed by atoms with Crippen LogP contribution < -0.4 is 15.6 Å². The predicted molar refractivity (Wildman–Crippen MR) is 136 cm³/mol. The minimum absolute atomic E-state index is 0.345. The van der Waals surface area contributed by atoms with Crippen LogP contribution >= 0.6 is 69.6 Å². The molecule has 2 aliphatic carbocycles. The number of nitrogens with one attached hydrogen (secondary N) is 2. The molecule has 2 bridgehead atoms. The fraction of sp³-hybridized carbons (Fsp3) is 0.261. The van der Waals surface area contributed by atoms with Gasteiger partial charge in [-0.25, -0.2) is 0 Å². The van der Waals surface area contributed by atoms with Crippen LogP contribution in [0.3, 0.4) is 0 Å². The number of rotatable bonds is 3. The van der Waals surface area contributed by atoms with Crippen LogP contribution in [-0.2, 0) is 14.4 Å². The summed E-state index contributed by atoms with van der Waals surface area (Å²) in [5.41, 5.74) is 5.72. The lowest BCUT2D eigenvalue weighted by molar-refractivity contribution is -0.147. The van der Waals surface area contributed by atoms with Crippen LogP contribution in [0.5, 0.6) is 11.5 Å². The molecule has 13 heteroatoms. The number of halogens is 6. The maximum Gasteiger partial charge on any atom is 0.309 e. The second-order valence-corrected chi connectivity index (χ2v) is 11.8. The van der Waals surface area contributed by atoms with Gasteiger partial charge in [-0.1, -0.05) is 82.8 Å². The average molecular weight is 611 g/mol. The highest BCUT2D eigenvalue weighted by Crippen LogP contribution is 2.76. The molecule has 1 fully saturated rings. The fourth-order valence-electron chi connectivity index (χ4n) is 5.09. The number of allylic oxidation sites excluding steroid dienone is 2. The number of carboxylic acids is 1. The number of aliphatic carboxylic acids is 1. The van der Waals surface area contributed by atoms with E-state index in [1.807, 2.05) is 0 Å². The molecule has 0 radical (unpaired) electrons. The SMILES string of the molecule is O=C(NNC(=O)[C@@H]1[C@@H](C(=O)O)[C@]2(Cl)C(Cl)=C(Cl)[C@]1(Cl)C2(Cl)Cl)C1c2ccccc2Oc2ccccc21. The lowest BCUT2D eigenvalue weighted by atomic mass is 9.81. The zero-order valence-corrected chi connectivity index (χ0v) is 22.2. The molecule has 2 aromatic rings. The smallest absolute Gasteiger partial charge is 0.309 e. The number of alkyl halides is 4. The summed E-state index contributed by atoms with van der Waals surface area (Å²) in [7, 11) is 0. The topological polar surface area (TPSA) is 105 Å². The van der Waals surface area contributed by atoms with Gasteiger partial charge in [-0.05, 0) is 12.1 Å². The van der Waals surface area contributed by atoms with E-state index in [0.717, 1.165) is 0 Å². The van der Waals surface area contributed by atoms with Crippen molar-refractivity contribution in [3.63, 3.8) is 0 Å². The first-order valence-electron chi connectivity index (χ1n) is 10.4. The second kappa shape index (κ2) is 8.58. The zero-order chi connectivity index (χ0) is 26.2. The third kappa shape index (κ3) is 3.17. The first-order valence-corrected chi connectivity index (χ1v) is 12.7. The lowest BCUT2D eigenvalue weighted by Gasteiger charge is -2.33. The van der Waals surface area contributed by atoms with Crippen LogP contribution in [0.25, 0.3) is 0 Å². The number of para-hydroxylation sites is 2. The molecular weight excluding hydrogens is 597 g/mol. The van der Waals surface area contributed by atoms with Crippen molar-refractivity contribution in [3.05, 3.63) is 69.7 Å². The quantitative estimate of drug-likeness (QED) is 0.326. The number of carbonyl (C=O) groups is 3. The number of carbonyl (C=O) groups excluding carboxylic acids is 2. The predicted octanol–water partition coefficient (Wildman–Crippen LogP) is 5.23. The summed E-state index contributed by atoms with van der Waals surface area (Å²) in [5, 5.41) is 9.20. The summed E-state index contributed by atoms with van der Waals surface area (Å²) in [6.07, 6.45) is 0. The highest BCUT2D eigenvalue weighted by Gasteiger charge is 2.85. The van der Waals surface area contributed by atoms with E-state index in [1.165, 1.54) is 0 Å². The van der Waals surface area contributed by atoms with Gasteiger partial charge in [-0.2, -0.15) is 0 Å². The van der Waals surface area contributed by atoms with Crippen LogP contribution in [0.15, 0.2) is 58.6 Å². The summed E-state index contributed by atoms with van der Waals surface area (Å²) in [4.78, 5) is 34.5. The van der Waals surface area contributed by atoms with E-state index in [-0.39, 0.29) is 10.1 Å². The number of amides is 2. The van der Waals surface area contributed by atoms with Crippen LogP contribution in [0.2, 0.25) is 0 Å². The van der Waals surface area contributed by atoms with Crippen molar-refractivity contribution in [2.24, 2.45) is 11.8 Å². The first kappa shape index (κ1) is 25.8. The van der Waals surface area contributed by atoms with Gasteiger partial charge < -0.3 is 9.84 Å². The van der Waals surface area contributed by atoms with Crippen molar-refractivity contribution >= 4 is 87.4 Å². The van der Waals surface area contributed by atoms with Crippen molar-refractivity contribution in [2.45, 2.75) is 20.0 Å². The first-order chi connectivity index (χ1) is 16.9. The minimum atomic E-state index is -2.26. The van der Waals surface area contributed by atoms with Gasteiger partial charge in [0.05, 0.1) is 27.8 Å². The summed E-state index contributed by atoms with van der Waals surface area (Å²) in [6, 6.07) is 13.9. The molecule has 1 heterocycles. The molecule has 2 aromatic carbocycles. The van der Waals surface area contributed by atoms with Gasteiger partial charge >= 0.3 is 5.97 Å². The van der Waals surface area contributed by atoms with Crippen molar-refractivity contribution in [1.29, 1.82) is 0 Å². The third-order valence-electron chi connectivity index (χ3n) is 6.74. The lowest BCUT2D eigenvalue weighted by Crippen LogP contribution is -2.54. The fourth-order valence-corrected chi connectivity index (χ4v) is 8.03. The normalized spacial score (nSPS) is 29.7. The molecule has 3 aliphatic rings. The van der Waals surface area contributed by atoms with Gasteiger partial charge in [0.15, 0.2) is 4.33 Å². The van der Waals surface area contributed by atoms with Crippen LogP contribution in [0.4, 0.5) is 0 Å². The maximum atomic E-state index is 13.3. The van der Waals surface area contributed by atoms with Crippen molar-refractivity contribution in [3.8, 4) is 11.5 Å². The number of hydrogen-bond acceptors (Lipinski definition) is 4. The average Bonchev–Trinajstić information content (AvgIpc) is 3.06. The molecule has 3 N–H and O–H groups in total. The minimum Gasteiger partial charge on any atom is -0.481 e.